The highest BCUT2D eigenvalue weighted by Gasteiger charge is 2.34. The molecule has 0 unspecified atom stereocenters. The second-order valence-corrected chi connectivity index (χ2v) is 5.66. The smallest absolute Gasteiger partial charge is 0.294 e. The maximum Gasteiger partial charge on any atom is 0.417 e. The molecule has 0 bridgehead atoms. The van der Waals surface area contributed by atoms with Gasteiger partial charge in [-0.15, -0.1) is 0 Å². The van der Waals surface area contributed by atoms with Gasteiger partial charge in [0.1, 0.15) is 0 Å². The minimum absolute atomic E-state index is 0.00462. The van der Waals surface area contributed by atoms with E-state index in [9.17, 15) is 18.0 Å². The number of halogens is 4. The Hall–Kier alpha value is -1.82. The molecular formula is C15H12ClF3N2O. The van der Waals surface area contributed by atoms with Gasteiger partial charge in [-0.3, -0.25) is 4.79 Å². The monoisotopic (exact) mass is 328 g/mol. The molecule has 0 saturated carbocycles. The van der Waals surface area contributed by atoms with Crippen molar-refractivity contribution in [2.24, 2.45) is 0 Å². The lowest BCUT2D eigenvalue weighted by molar-refractivity contribution is -0.137. The number of Topliss-reactive ketones (excluding diaryl/α,β-unsaturated/α-hetero) is 1. The zero-order chi connectivity index (χ0) is 16.1. The summed E-state index contributed by atoms with van der Waals surface area (Å²) in [7, 11) is 0. The van der Waals surface area contributed by atoms with E-state index < -0.39 is 11.7 Å². The summed E-state index contributed by atoms with van der Waals surface area (Å²) in [5.41, 5.74) is 1.11. The van der Waals surface area contributed by atoms with E-state index in [0.29, 0.717) is 36.2 Å². The Morgan fingerprint density at radius 3 is 2.68 bits per heavy atom. The van der Waals surface area contributed by atoms with Gasteiger partial charge in [0.25, 0.3) is 0 Å². The van der Waals surface area contributed by atoms with Gasteiger partial charge in [-0.25, -0.2) is 4.68 Å². The molecule has 1 aliphatic carbocycles. The van der Waals surface area contributed by atoms with Gasteiger partial charge in [0.05, 0.1) is 33.2 Å². The van der Waals surface area contributed by atoms with Crippen LogP contribution >= 0.6 is 11.6 Å². The first-order valence-electron chi connectivity index (χ1n) is 6.78. The lowest BCUT2D eigenvalue weighted by atomic mass is 9.94. The SMILES string of the molecule is Cc1nn(-c2ccc(Cl)c(C(F)(F)F)c2)c2c1C(=O)CCC2. The van der Waals surface area contributed by atoms with E-state index >= 15 is 0 Å². The zero-order valence-electron chi connectivity index (χ0n) is 11.7. The van der Waals surface area contributed by atoms with Gasteiger partial charge in [0.15, 0.2) is 5.78 Å². The third-order valence-corrected chi connectivity index (χ3v) is 4.08. The fourth-order valence-electron chi connectivity index (χ4n) is 2.79. The minimum atomic E-state index is -4.54. The number of carbonyl (C=O) groups is 1. The fraction of sp³-hybridized carbons (Fsp3) is 0.333. The second kappa shape index (κ2) is 5.12. The summed E-state index contributed by atoms with van der Waals surface area (Å²) in [6, 6.07) is 3.64. The minimum Gasteiger partial charge on any atom is -0.294 e. The summed E-state index contributed by atoms with van der Waals surface area (Å²) in [5.74, 6) is -0.00462. The number of alkyl halides is 3. The molecular weight excluding hydrogens is 317 g/mol. The van der Waals surface area contributed by atoms with Gasteiger partial charge in [-0.2, -0.15) is 18.3 Å². The van der Waals surface area contributed by atoms with Crippen LogP contribution in [0.3, 0.4) is 0 Å². The van der Waals surface area contributed by atoms with Crippen molar-refractivity contribution in [2.45, 2.75) is 32.4 Å². The molecule has 0 saturated heterocycles. The average molecular weight is 329 g/mol. The molecule has 22 heavy (non-hydrogen) atoms. The molecule has 0 atom stereocenters. The number of aryl methyl sites for hydroxylation is 1. The molecule has 7 heteroatoms. The summed E-state index contributed by atoms with van der Waals surface area (Å²) >= 11 is 5.64. The molecule has 0 amide bonds. The molecule has 0 spiro atoms. The predicted molar refractivity (Wildman–Crippen MR) is 75.6 cm³/mol. The van der Waals surface area contributed by atoms with Crippen LogP contribution in [-0.2, 0) is 12.6 Å². The van der Waals surface area contributed by atoms with Gasteiger partial charge in [-0.1, -0.05) is 11.6 Å². The predicted octanol–water partition coefficient (Wildman–Crippen LogP) is 4.37. The second-order valence-electron chi connectivity index (χ2n) is 5.26. The van der Waals surface area contributed by atoms with Gasteiger partial charge in [0, 0.05) is 6.42 Å². The largest absolute Gasteiger partial charge is 0.417 e. The van der Waals surface area contributed by atoms with Crippen molar-refractivity contribution in [1.29, 1.82) is 0 Å². The average Bonchev–Trinajstić information content (AvgIpc) is 2.77. The third-order valence-electron chi connectivity index (χ3n) is 3.75. The Morgan fingerprint density at radius 2 is 2.00 bits per heavy atom. The van der Waals surface area contributed by atoms with E-state index in [4.69, 9.17) is 11.6 Å². The molecule has 0 radical (unpaired) electrons. The van der Waals surface area contributed by atoms with Crippen LogP contribution in [0, 0.1) is 6.92 Å². The third kappa shape index (κ3) is 2.41. The van der Waals surface area contributed by atoms with Gasteiger partial charge >= 0.3 is 6.18 Å². The maximum atomic E-state index is 13.0. The number of aromatic nitrogens is 2. The fourth-order valence-corrected chi connectivity index (χ4v) is 3.01. The Bertz CT molecular complexity index is 765. The van der Waals surface area contributed by atoms with Crippen molar-refractivity contribution in [1.82, 2.24) is 9.78 Å². The number of carbonyl (C=O) groups excluding carboxylic acids is 1. The van der Waals surface area contributed by atoms with Gasteiger partial charge in [0.2, 0.25) is 0 Å². The molecule has 1 heterocycles. The summed E-state index contributed by atoms with van der Waals surface area (Å²) in [6.45, 7) is 1.69. The summed E-state index contributed by atoms with van der Waals surface area (Å²) in [5, 5.41) is 3.89. The van der Waals surface area contributed by atoms with Crippen molar-refractivity contribution >= 4 is 17.4 Å². The molecule has 0 N–H and O–H groups in total. The van der Waals surface area contributed by atoms with Crippen molar-refractivity contribution in [2.75, 3.05) is 0 Å². The van der Waals surface area contributed by atoms with Crippen molar-refractivity contribution in [3.05, 3.63) is 45.7 Å². The molecule has 116 valence electrons. The van der Waals surface area contributed by atoms with E-state index in [2.05, 4.69) is 5.10 Å². The standard InChI is InChI=1S/C15H12ClF3N2O/c1-8-14-12(3-2-4-13(14)22)21(20-8)9-5-6-11(16)10(7-9)15(17,18)19/h5-7H,2-4H2,1H3. The normalized spacial score (nSPS) is 15.0. The van der Waals surface area contributed by atoms with Crippen molar-refractivity contribution < 1.29 is 18.0 Å². The van der Waals surface area contributed by atoms with Crippen LogP contribution in [0.2, 0.25) is 5.02 Å². The number of nitrogens with zero attached hydrogens (tertiary/aromatic N) is 2. The first kappa shape index (κ1) is 15.1. The van der Waals surface area contributed by atoms with E-state index in [1.165, 1.54) is 16.8 Å². The van der Waals surface area contributed by atoms with Crippen LogP contribution in [0.15, 0.2) is 18.2 Å². The van der Waals surface area contributed by atoms with Gasteiger partial charge < -0.3 is 0 Å². The Labute approximate surface area is 129 Å². The lowest BCUT2D eigenvalue weighted by Crippen LogP contribution is -2.14. The van der Waals surface area contributed by atoms with Crippen LogP contribution in [-0.4, -0.2) is 15.6 Å². The van der Waals surface area contributed by atoms with Crippen molar-refractivity contribution in [3.63, 3.8) is 0 Å². The molecule has 3 rings (SSSR count). The number of rotatable bonds is 1. The van der Waals surface area contributed by atoms with E-state index in [-0.39, 0.29) is 16.5 Å². The molecule has 1 aliphatic rings. The van der Waals surface area contributed by atoms with Crippen LogP contribution < -0.4 is 0 Å². The Morgan fingerprint density at radius 1 is 1.27 bits per heavy atom. The highest BCUT2D eigenvalue weighted by Crippen LogP contribution is 2.36. The molecule has 1 aromatic heterocycles. The number of benzene rings is 1. The number of hydrogen-bond acceptors (Lipinski definition) is 2. The summed E-state index contributed by atoms with van der Waals surface area (Å²) < 4.78 is 40.4. The number of ketones is 1. The Kier molecular flexibility index (Phi) is 3.51. The number of fused-ring (bicyclic) bond motifs is 1. The molecule has 1 aromatic carbocycles. The molecule has 2 aromatic rings. The summed E-state index contributed by atoms with van der Waals surface area (Å²) in [4.78, 5) is 12.0. The topological polar surface area (TPSA) is 34.9 Å². The van der Waals surface area contributed by atoms with Crippen molar-refractivity contribution in [3.8, 4) is 5.69 Å². The van der Waals surface area contributed by atoms with Crippen LogP contribution in [0.5, 0.6) is 0 Å². The molecule has 3 nitrogen and oxygen atoms in total. The van der Waals surface area contributed by atoms with Crippen LogP contribution in [0.4, 0.5) is 13.2 Å². The quantitative estimate of drug-likeness (QED) is 0.779. The lowest BCUT2D eigenvalue weighted by Gasteiger charge is -2.15. The highest BCUT2D eigenvalue weighted by atomic mass is 35.5. The molecule has 0 fully saturated rings. The van der Waals surface area contributed by atoms with E-state index in [0.717, 1.165) is 6.07 Å². The van der Waals surface area contributed by atoms with E-state index in [1.54, 1.807) is 6.92 Å². The highest BCUT2D eigenvalue weighted by molar-refractivity contribution is 6.31. The Balaban J connectivity index is 2.17. The summed E-state index contributed by atoms with van der Waals surface area (Å²) in [6.07, 6.45) is -2.79. The zero-order valence-corrected chi connectivity index (χ0v) is 12.4. The maximum absolute atomic E-state index is 13.0. The van der Waals surface area contributed by atoms with Crippen LogP contribution in [0.1, 0.15) is 40.2 Å². The first-order chi connectivity index (χ1) is 10.3. The molecule has 0 aliphatic heterocycles. The van der Waals surface area contributed by atoms with E-state index in [1.807, 2.05) is 0 Å². The van der Waals surface area contributed by atoms with Crippen LogP contribution in [0.25, 0.3) is 5.69 Å². The number of hydrogen-bond donors (Lipinski definition) is 0. The van der Waals surface area contributed by atoms with Gasteiger partial charge in [-0.05, 0) is 38.0 Å². The first-order valence-corrected chi connectivity index (χ1v) is 7.15.